The zero-order chi connectivity index (χ0) is 14.0. The monoisotopic (exact) mass is 271 g/mol. The highest BCUT2D eigenvalue weighted by atomic mass is 32.1. The maximum Gasteiger partial charge on any atom is 0.408 e. The maximum atomic E-state index is 11.7. The predicted octanol–water partition coefficient (Wildman–Crippen LogP) is 2.57. The molecule has 0 aromatic carbocycles. The second-order valence-corrected chi connectivity index (χ2v) is 5.85. The number of carboxylic acid groups (broad SMARTS) is 1. The Morgan fingerprint density at radius 3 is 2.33 bits per heavy atom. The van der Waals surface area contributed by atoms with Gasteiger partial charge in [-0.15, -0.1) is 0 Å². The van der Waals surface area contributed by atoms with Crippen LogP contribution in [0.5, 0.6) is 0 Å². The van der Waals surface area contributed by atoms with Gasteiger partial charge in [0, 0.05) is 0 Å². The zero-order valence-corrected chi connectivity index (χ0v) is 11.6. The molecule has 0 aliphatic rings. The van der Waals surface area contributed by atoms with Crippen molar-refractivity contribution in [2.24, 2.45) is 0 Å². The fourth-order valence-corrected chi connectivity index (χ4v) is 2.07. The highest BCUT2D eigenvalue weighted by molar-refractivity contribution is 7.08. The normalized spacial score (nSPS) is 14.7. The Morgan fingerprint density at radius 1 is 1.33 bits per heavy atom. The molecule has 5 nitrogen and oxygen atoms in total. The van der Waals surface area contributed by atoms with Crippen LogP contribution in [0.2, 0.25) is 0 Å². The molecule has 1 aromatic rings. The van der Waals surface area contributed by atoms with E-state index in [2.05, 4.69) is 5.32 Å². The molecule has 1 unspecified atom stereocenters. The van der Waals surface area contributed by atoms with Crippen LogP contribution in [-0.4, -0.2) is 22.8 Å². The molecule has 0 bridgehead atoms. The van der Waals surface area contributed by atoms with Crippen LogP contribution < -0.4 is 5.32 Å². The van der Waals surface area contributed by atoms with Gasteiger partial charge < -0.3 is 15.2 Å². The zero-order valence-electron chi connectivity index (χ0n) is 10.8. The smallest absolute Gasteiger partial charge is 0.408 e. The highest BCUT2D eigenvalue weighted by Gasteiger charge is 2.38. The van der Waals surface area contributed by atoms with Gasteiger partial charge in [0.05, 0.1) is 0 Å². The van der Waals surface area contributed by atoms with E-state index >= 15 is 0 Å². The molecule has 0 fully saturated rings. The molecular weight excluding hydrogens is 254 g/mol. The summed E-state index contributed by atoms with van der Waals surface area (Å²) in [7, 11) is 0. The lowest BCUT2D eigenvalue weighted by atomic mass is 9.95. The topological polar surface area (TPSA) is 75.6 Å². The molecular formula is C12H17NO4S. The molecule has 1 heterocycles. The Morgan fingerprint density at radius 2 is 1.94 bits per heavy atom. The standard InChI is InChI=1S/C12H17NO4S/c1-11(2,3)17-10(16)13-12(4,9(14)15)8-5-6-18-7-8/h5-7H,1-4H3,(H,13,16)(H,14,15). The van der Waals surface area contributed by atoms with Crippen molar-refractivity contribution in [3.05, 3.63) is 22.4 Å². The van der Waals surface area contributed by atoms with E-state index in [4.69, 9.17) is 4.74 Å². The van der Waals surface area contributed by atoms with Crippen LogP contribution in [0.4, 0.5) is 4.79 Å². The first-order valence-electron chi connectivity index (χ1n) is 5.42. The number of thiophene rings is 1. The minimum atomic E-state index is -1.48. The van der Waals surface area contributed by atoms with E-state index < -0.39 is 23.2 Å². The quantitative estimate of drug-likeness (QED) is 0.886. The van der Waals surface area contributed by atoms with Crippen LogP contribution in [-0.2, 0) is 15.1 Å². The van der Waals surface area contributed by atoms with E-state index in [0.29, 0.717) is 5.56 Å². The lowest BCUT2D eigenvalue weighted by Crippen LogP contribution is -2.50. The van der Waals surface area contributed by atoms with E-state index in [-0.39, 0.29) is 0 Å². The molecule has 1 aromatic heterocycles. The number of rotatable bonds is 3. The number of carboxylic acids is 1. The lowest BCUT2D eigenvalue weighted by molar-refractivity contribution is -0.144. The molecule has 1 atom stereocenters. The molecule has 0 saturated heterocycles. The summed E-state index contributed by atoms with van der Waals surface area (Å²) in [5.74, 6) is -1.13. The number of aliphatic carboxylic acids is 1. The van der Waals surface area contributed by atoms with Crippen molar-refractivity contribution in [1.82, 2.24) is 5.32 Å². The lowest BCUT2D eigenvalue weighted by Gasteiger charge is -2.28. The minimum absolute atomic E-state index is 0.519. The number of hydrogen-bond acceptors (Lipinski definition) is 4. The third kappa shape index (κ3) is 3.46. The average Bonchev–Trinajstić information content (AvgIpc) is 2.66. The largest absolute Gasteiger partial charge is 0.479 e. The van der Waals surface area contributed by atoms with E-state index in [1.807, 2.05) is 0 Å². The SMILES string of the molecule is CC(C)(C)OC(=O)NC(C)(C(=O)O)c1ccsc1. The van der Waals surface area contributed by atoms with E-state index in [1.54, 1.807) is 37.6 Å². The fourth-order valence-electron chi connectivity index (χ4n) is 1.31. The molecule has 1 rings (SSSR count). The number of hydrogen-bond donors (Lipinski definition) is 2. The van der Waals surface area contributed by atoms with Gasteiger partial charge in [-0.3, -0.25) is 0 Å². The molecule has 0 saturated carbocycles. The summed E-state index contributed by atoms with van der Waals surface area (Å²) >= 11 is 1.37. The number of nitrogens with one attached hydrogen (secondary N) is 1. The Bertz CT molecular complexity index is 435. The van der Waals surface area contributed by atoms with Gasteiger partial charge in [-0.1, -0.05) is 0 Å². The second kappa shape index (κ2) is 4.97. The van der Waals surface area contributed by atoms with Crippen molar-refractivity contribution in [1.29, 1.82) is 0 Å². The summed E-state index contributed by atoms with van der Waals surface area (Å²) in [6, 6.07) is 1.66. The summed E-state index contributed by atoms with van der Waals surface area (Å²) < 4.78 is 5.07. The van der Waals surface area contributed by atoms with E-state index in [9.17, 15) is 14.7 Å². The van der Waals surface area contributed by atoms with Crippen molar-refractivity contribution < 1.29 is 19.4 Å². The van der Waals surface area contributed by atoms with Crippen LogP contribution in [0.1, 0.15) is 33.3 Å². The average molecular weight is 271 g/mol. The van der Waals surface area contributed by atoms with Crippen molar-refractivity contribution in [2.45, 2.75) is 38.8 Å². The Kier molecular flexibility index (Phi) is 4.01. The van der Waals surface area contributed by atoms with Gasteiger partial charge in [-0.25, -0.2) is 9.59 Å². The van der Waals surface area contributed by atoms with Crippen LogP contribution in [0.15, 0.2) is 16.8 Å². The summed E-state index contributed by atoms with van der Waals surface area (Å²) in [6.45, 7) is 6.58. The van der Waals surface area contributed by atoms with Gasteiger partial charge in [0.15, 0.2) is 5.54 Å². The summed E-state index contributed by atoms with van der Waals surface area (Å²) in [5, 5.41) is 15.1. The van der Waals surface area contributed by atoms with Gasteiger partial charge >= 0.3 is 12.1 Å². The Hall–Kier alpha value is -1.56. The van der Waals surface area contributed by atoms with Crippen molar-refractivity contribution in [3.8, 4) is 0 Å². The Labute approximate surface area is 110 Å². The summed E-state index contributed by atoms with van der Waals surface area (Å²) in [6.07, 6.45) is -0.751. The first-order valence-corrected chi connectivity index (χ1v) is 6.37. The molecule has 6 heteroatoms. The van der Waals surface area contributed by atoms with Gasteiger partial charge in [-0.2, -0.15) is 11.3 Å². The third-order valence-corrected chi connectivity index (χ3v) is 2.96. The molecule has 18 heavy (non-hydrogen) atoms. The number of ether oxygens (including phenoxy) is 1. The summed E-state index contributed by atoms with van der Waals surface area (Å²) in [5.41, 5.74) is -1.63. The van der Waals surface area contributed by atoms with Gasteiger partial charge in [-0.05, 0) is 50.1 Å². The molecule has 1 amide bonds. The second-order valence-electron chi connectivity index (χ2n) is 5.07. The number of carbonyl (C=O) groups is 2. The summed E-state index contributed by atoms with van der Waals surface area (Å²) in [4.78, 5) is 23.0. The Balaban J connectivity index is 2.89. The van der Waals surface area contributed by atoms with Gasteiger partial charge in [0.1, 0.15) is 5.60 Å². The fraction of sp³-hybridized carbons (Fsp3) is 0.500. The van der Waals surface area contributed by atoms with Gasteiger partial charge in [0.2, 0.25) is 0 Å². The molecule has 0 aliphatic heterocycles. The number of amides is 1. The maximum absolute atomic E-state index is 11.7. The molecule has 0 radical (unpaired) electrons. The highest BCUT2D eigenvalue weighted by Crippen LogP contribution is 2.24. The van der Waals surface area contributed by atoms with Crippen LogP contribution >= 0.6 is 11.3 Å². The predicted molar refractivity (Wildman–Crippen MR) is 68.7 cm³/mol. The minimum Gasteiger partial charge on any atom is -0.479 e. The van der Waals surface area contributed by atoms with Gasteiger partial charge in [0.25, 0.3) is 0 Å². The first-order chi connectivity index (χ1) is 8.15. The third-order valence-electron chi connectivity index (χ3n) is 2.28. The van der Waals surface area contributed by atoms with Crippen molar-refractivity contribution in [3.63, 3.8) is 0 Å². The van der Waals surface area contributed by atoms with Crippen molar-refractivity contribution in [2.75, 3.05) is 0 Å². The van der Waals surface area contributed by atoms with Crippen LogP contribution in [0.25, 0.3) is 0 Å². The van der Waals surface area contributed by atoms with Crippen LogP contribution in [0.3, 0.4) is 0 Å². The molecule has 0 spiro atoms. The number of carbonyl (C=O) groups excluding carboxylic acids is 1. The number of alkyl carbamates (subject to hydrolysis) is 1. The van der Waals surface area contributed by atoms with E-state index in [0.717, 1.165) is 0 Å². The molecule has 100 valence electrons. The van der Waals surface area contributed by atoms with Crippen molar-refractivity contribution >= 4 is 23.4 Å². The first kappa shape index (κ1) is 14.5. The van der Waals surface area contributed by atoms with Crippen LogP contribution in [0, 0.1) is 0 Å². The van der Waals surface area contributed by atoms with E-state index in [1.165, 1.54) is 18.3 Å². The molecule has 2 N–H and O–H groups in total. The molecule has 0 aliphatic carbocycles.